The van der Waals surface area contributed by atoms with Gasteiger partial charge in [0.05, 0.1) is 7.11 Å². The molecule has 4 rings (SSSR count). The number of benzene rings is 3. The van der Waals surface area contributed by atoms with Crippen LogP contribution in [0.3, 0.4) is 0 Å². The lowest BCUT2D eigenvalue weighted by Gasteiger charge is -2.10. The van der Waals surface area contributed by atoms with Crippen molar-refractivity contribution in [2.24, 2.45) is 0 Å². The van der Waals surface area contributed by atoms with E-state index in [1.165, 1.54) is 0 Å². The fourth-order valence-electron chi connectivity index (χ4n) is 2.86. The Morgan fingerprint density at radius 3 is 2.77 bits per heavy atom. The lowest BCUT2D eigenvalue weighted by molar-refractivity contribution is 0.0977. The number of ether oxygens (including phenoxy) is 1. The van der Waals surface area contributed by atoms with E-state index in [0.717, 1.165) is 5.56 Å². The van der Waals surface area contributed by atoms with Crippen LogP contribution in [0.25, 0.3) is 22.6 Å². The number of fused-ring (bicyclic) bond motifs is 1. The molecule has 0 spiro atoms. The van der Waals surface area contributed by atoms with Gasteiger partial charge in [-0.3, -0.25) is 10.1 Å². The van der Waals surface area contributed by atoms with Crippen molar-refractivity contribution < 1.29 is 13.9 Å². The first kappa shape index (κ1) is 19.9. The molecule has 2 N–H and O–H groups in total. The number of hydrogen-bond acceptors (Lipinski definition) is 5. The van der Waals surface area contributed by atoms with E-state index in [4.69, 9.17) is 33.0 Å². The number of carbonyl (C=O) groups excluding carboxylic acids is 1. The van der Waals surface area contributed by atoms with Crippen molar-refractivity contribution in [1.82, 2.24) is 10.3 Å². The highest BCUT2D eigenvalue weighted by Crippen LogP contribution is 2.27. The Morgan fingerprint density at radius 1 is 1.10 bits per heavy atom. The van der Waals surface area contributed by atoms with Crippen molar-refractivity contribution in [3.8, 4) is 17.2 Å². The number of oxazole rings is 1. The highest BCUT2D eigenvalue weighted by Gasteiger charge is 2.11. The van der Waals surface area contributed by atoms with E-state index in [-0.39, 0.29) is 11.0 Å². The van der Waals surface area contributed by atoms with Crippen LogP contribution in [0, 0.1) is 0 Å². The lowest BCUT2D eigenvalue weighted by Crippen LogP contribution is -2.34. The second-order valence-electron chi connectivity index (χ2n) is 6.35. The molecule has 1 amide bonds. The normalized spacial score (nSPS) is 10.6. The molecule has 1 heterocycles. The summed E-state index contributed by atoms with van der Waals surface area (Å²) in [5, 5.41) is 6.42. The number of amides is 1. The molecule has 8 heteroatoms. The van der Waals surface area contributed by atoms with Crippen molar-refractivity contribution in [3.63, 3.8) is 0 Å². The third kappa shape index (κ3) is 4.42. The standard InChI is InChI=1S/C22H16ClN3O3S/c1-28-17-7-3-4-13(11-17)20(27)26-22(30)24-16-6-2-5-14(10-16)21-25-18-12-15(23)8-9-19(18)29-21/h2-12H,1H3,(H2,24,26,27,30). The molecular formula is C22H16ClN3O3S. The fourth-order valence-corrected chi connectivity index (χ4v) is 3.23. The molecule has 6 nitrogen and oxygen atoms in total. The average molecular weight is 438 g/mol. The molecular weight excluding hydrogens is 422 g/mol. The van der Waals surface area contributed by atoms with Gasteiger partial charge < -0.3 is 14.5 Å². The Balaban J connectivity index is 1.48. The molecule has 0 saturated carbocycles. The SMILES string of the molecule is COc1cccc(C(=O)NC(=S)Nc2cccc(-c3nc4cc(Cl)ccc4o3)c2)c1. The Morgan fingerprint density at radius 2 is 1.93 bits per heavy atom. The van der Waals surface area contributed by atoms with Crippen LogP contribution in [-0.4, -0.2) is 23.1 Å². The van der Waals surface area contributed by atoms with Gasteiger partial charge in [0.15, 0.2) is 10.7 Å². The Bertz CT molecular complexity index is 1260. The van der Waals surface area contributed by atoms with Gasteiger partial charge >= 0.3 is 0 Å². The van der Waals surface area contributed by atoms with Crippen molar-refractivity contribution in [1.29, 1.82) is 0 Å². The molecule has 150 valence electrons. The predicted molar refractivity (Wildman–Crippen MR) is 121 cm³/mol. The van der Waals surface area contributed by atoms with Gasteiger partial charge in [0.2, 0.25) is 5.89 Å². The number of nitrogens with one attached hydrogen (secondary N) is 2. The van der Waals surface area contributed by atoms with Gasteiger partial charge in [0.1, 0.15) is 11.3 Å². The predicted octanol–water partition coefficient (Wildman–Crippen LogP) is 5.28. The summed E-state index contributed by atoms with van der Waals surface area (Å²) >= 11 is 11.3. The summed E-state index contributed by atoms with van der Waals surface area (Å²) < 4.78 is 10.9. The topological polar surface area (TPSA) is 76.4 Å². The molecule has 0 radical (unpaired) electrons. The molecule has 30 heavy (non-hydrogen) atoms. The van der Waals surface area contributed by atoms with Crippen molar-refractivity contribution in [3.05, 3.63) is 77.3 Å². The molecule has 0 aliphatic heterocycles. The molecule has 1 aromatic heterocycles. The fraction of sp³-hybridized carbons (Fsp3) is 0.0455. The Labute approximate surface area is 182 Å². The van der Waals surface area contributed by atoms with E-state index >= 15 is 0 Å². The van der Waals surface area contributed by atoms with Crippen LogP contribution in [0.4, 0.5) is 5.69 Å². The monoisotopic (exact) mass is 437 g/mol. The van der Waals surface area contributed by atoms with Gasteiger partial charge in [-0.25, -0.2) is 4.98 Å². The van der Waals surface area contributed by atoms with Gasteiger partial charge in [-0.2, -0.15) is 0 Å². The van der Waals surface area contributed by atoms with Gasteiger partial charge in [-0.05, 0) is 66.8 Å². The molecule has 0 unspecified atom stereocenters. The van der Waals surface area contributed by atoms with Crippen LogP contribution in [-0.2, 0) is 0 Å². The summed E-state index contributed by atoms with van der Waals surface area (Å²) in [5.74, 6) is 0.717. The number of carbonyl (C=O) groups is 1. The summed E-state index contributed by atoms with van der Waals surface area (Å²) in [7, 11) is 1.54. The van der Waals surface area contributed by atoms with Crippen molar-refractivity contribution in [2.45, 2.75) is 0 Å². The number of thiocarbonyl (C=S) groups is 1. The van der Waals surface area contributed by atoms with Gasteiger partial charge in [0.25, 0.3) is 5.91 Å². The molecule has 0 aliphatic rings. The Hall–Kier alpha value is -3.42. The highest BCUT2D eigenvalue weighted by atomic mass is 35.5. The molecule has 4 aromatic rings. The minimum absolute atomic E-state index is 0.171. The number of halogens is 1. The molecule has 0 saturated heterocycles. The zero-order valence-electron chi connectivity index (χ0n) is 15.8. The van der Waals surface area contributed by atoms with E-state index in [2.05, 4.69) is 15.6 Å². The van der Waals surface area contributed by atoms with Crippen LogP contribution in [0.5, 0.6) is 5.75 Å². The van der Waals surface area contributed by atoms with Gasteiger partial charge in [-0.15, -0.1) is 0 Å². The third-order valence-corrected chi connectivity index (χ3v) is 4.72. The zero-order valence-corrected chi connectivity index (χ0v) is 17.4. The quantitative estimate of drug-likeness (QED) is 0.423. The Kier molecular flexibility index (Phi) is 5.65. The minimum Gasteiger partial charge on any atom is -0.497 e. The average Bonchev–Trinajstić information content (AvgIpc) is 3.17. The van der Waals surface area contributed by atoms with Crippen molar-refractivity contribution in [2.75, 3.05) is 12.4 Å². The summed E-state index contributed by atoms with van der Waals surface area (Å²) in [6, 6.07) is 19.5. The van der Waals surface area contributed by atoms with Gasteiger partial charge in [-0.1, -0.05) is 23.7 Å². The van der Waals surface area contributed by atoms with Crippen LogP contribution >= 0.6 is 23.8 Å². The highest BCUT2D eigenvalue weighted by molar-refractivity contribution is 7.80. The first-order valence-corrected chi connectivity index (χ1v) is 9.73. The van der Waals surface area contributed by atoms with Crippen LogP contribution in [0.2, 0.25) is 5.02 Å². The minimum atomic E-state index is -0.335. The summed E-state index contributed by atoms with van der Waals surface area (Å²) in [6.45, 7) is 0. The second kappa shape index (κ2) is 8.52. The first-order valence-electron chi connectivity index (χ1n) is 8.95. The molecule has 0 atom stereocenters. The first-order chi connectivity index (χ1) is 14.5. The summed E-state index contributed by atoms with van der Waals surface area (Å²) in [6.07, 6.45) is 0. The number of hydrogen-bond donors (Lipinski definition) is 2. The number of nitrogens with zero attached hydrogens (tertiary/aromatic N) is 1. The summed E-state index contributed by atoms with van der Waals surface area (Å²) in [5.41, 5.74) is 3.21. The molecule has 0 bridgehead atoms. The van der Waals surface area contributed by atoms with E-state index in [9.17, 15) is 4.79 Å². The van der Waals surface area contributed by atoms with E-state index < -0.39 is 0 Å². The number of aromatic nitrogens is 1. The van der Waals surface area contributed by atoms with E-state index in [1.54, 1.807) is 49.6 Å². The maximum Gasteiger partial charge on any atom is 0.257 e. The third-order valence-electron chi connectivity index (χ3n) is 4.28. The molecule has 0 fully saturated rings. The second-order valence-corrected chi connectivity index (χ2v) is 7.20. The lowest BCUT2D eigenvalue weighted by atomic mass is 10.2. The van der Waals surface area contributed by atoms with Gasteiger partial charge in [0, 0.05) is 21.8 Å². The van der Waals surface area contributed by atoms with Crippen LogP contribution in [0.15, 0.2) is 71.1 Å². The largest absolute Gasteiger partial charge is 0.497 e. The van der Waals surface area contributed by atoms with E-state index in [0.29, 0.717) is 39.0 Å². The number of anilines is 1. The zero-order chi connectivity index (χ0) is 21.1. The maximum absolute atomic E-state index is 12.4. The van der Waals surface area contributed by atoms with E-state index in [1.807, 2.05) is 24.3 Å². The molecule has 0 aliphatic carbocycles. The number of rotatable bonds is 4. The molecule has 3 aromatic carbocycles. The summed E-state index contributed by atoms with van der Waals surface area (Å²) in [4.78, 5) is 16.9. The maximum atomic E-state index is 12.4. The number of methoxy groups -OCH3 is 1. The van der Waals surface area contributed by atoms with Crippen molar-refractivity contribution >= 4 is 51.6 Å². The van der Waals surface area contributed by atoms with Crippen LogP contribution in [0.1, 0.15) is 10.4 Å². The van der Waals surface area contributed by atoms with Crippen LogP contribution < -0.4 is 15.4 Å². The smallest absolute Gasteiger partial charge is 0.257 e.